The first-order valence-corrected chi connectivity index (χ1v) is 8.12. The second-order valence-corrected chi connectivity index (χ2v) is 5.77. The minimum absolute atomic E-state index is 0.00527. The predicted molar refractivity (Wildman–Crippen MR) is 91.2 cm³/mol. The Balaban J connectivity index is 1.60. The number of hydrogen-bond donors (Lipinski definition) is 2. The third-order valence-corrected chi connectivity index (χ3v) is 4.07. The van der Waals surface area contributed by atoms with Gasteiger partial charge in [-0.2, -0.15) is 0 Å². The Morgan fingerprint density at radius 3 is 2.79 bits per heavy atom. The number of urea groups is 1. The molecule has 0 aliphatic carbocycles. The predicted octanol–water partition coefficient (Wildman–Crippen LogP) is 3.25. The van der Waals surface area contributed by atoms with Crippen LogP contribution < -0.4 is 10.1 Å². The molecule has 24 heavy (non-hydrogen) atoms. The Kier molecular flexibility index (Phi) is 5.28. The minimum atomic E-state index is -0.172. The molecular formula is C18H21N3O3. The number of nitrogens with zero attached hydrogens (tertiary/aromatic N) is 2. The number of likely N-dealkylation sites (tertiary alicyclic amines) is 1. The number of hydrogen-bond acceptors (Lipinski definition) is 4. The zero-order chi connectivity index (χ0) is 16.8. The Hall–Kier alpha value is -2.60. The first-order valence-electron chi connectivity index (χ1n) is 8.12. The first-order chi connectivity index (χ1) is 11.8. The molecule has 1 aromatic carbocycles. The molecule has 2 amide bonds. The molecule has 6 heteroatoms. The molecule has 1 aliphatic rings. The fourth-order valence-electron chi connectivity index (χ4n) is 2.80. The summed E-state index contributed by atoms with van der Waals surface area (Å²) in [5, 5.41) is 12.3. The second kappa shape index (κ2) is 7.79. The summed E-state index contributed by atoms with van der Waals surface area (Å²) >= 11 is 0. The number of carbonyl (C=O) groups is 1. The Morgan fingerprint density at radius 2 is 2.08 bits per heavy atom. The summed E-state index contributed by atoms with van der Waals surface area (Å²) in [7, 11) is 0. The number of aromatic nitrogens is 1. The van der Waals surface area contributed by atoms with Crippen LogP contribution in [0.1, 0.15) is 19.3 Å². The Labute approximate surface area is 141 Å². The molecule has 2 heterocycles. The number of ether oxygens (including phenoxy) is 1. The van der Waals surface area contributed by atoms with Crippen molar-refractivity contribution in [3.8, 4) is 11.5 Å². The molecule has 0 saturated carbocycles. The van der Waals surface area contributed by atoms with Crippen LogP contribution in [0.2, 0.25) is 0 Å². The third kappa shape index (κ3) is 4.02. The van der Waals surface area contributed by atoms with E-state index in [0.717, 1.165) is 19.3 Å². The van der Waals surface area contributed by atoms with Crippen LogP contribution in [-0.2, 0) is 0 Å². The maximum atomic E-state index is 12.4. The molecular weight excluding hydrogens is 306 g/mol. The van der Waals surface area contributed by atoms with Crippen molar-refractivity contribution in [1.29, 1.82) is 0 Å². The van der Waals surface area contributed by atoms with Gasteiger partial charge in [-0.05, 0) is 55.7 Å². The van der Waals surface area contributed by atoms with Crippen molar-refractivity contribution in [2.45, 2.75) is 25.3 Å². The van der Waals surface area contributed by atoms with E-state index in [0.29, 0.717) is 23.7 Å². The summed E-state index contributed by atoms with van der Waals surface area (Å²) in [5.41, 5.74) is 0.695. The Morgan fingerprint density at radius 1 is 1.25 bits per heavy atom. The van der Waals surface area contributed by atoms with E-state index in [1.807, 2.05) is 6.07 Å². The van der Waals surface area contributed by atoms with Crippen molar-refractivity contribution in [3.63, 3.8) is 0 Å². The van der Waals surface area contributed by atoms with E-state index in [-0.39, 0.29) is 18.7 Å². The van der Waals surface area contributed by atoms with Gasteiger partial charge in [-0.3, -0.25) is 4.98 Å². The van der Waals surface area contributed by atoms with E-state index >= 15 is 0 Å². The fraction of sp³-hybridized carbons (Fsp3) is 0.333. The average molecular weight is 327 g/mol. The standard InChI is InChI=1S/C18H21N3O3/c22-13-15-4-1-2-11-21(15)18(23)20-14-6-8-16(9-7-14)24-17-5-3-10-19-12-17/h3,5-10,12,15,22H,1-2,4,11,13H2,(H,20,23)/t15-/m1/s1. The van der Waals surface area contributed by atoms with E-state index in [2.05, 4.69) is 10.3 Å². The van der Waals surface area contributed by atoms with Crippen LogP contribution in [0.4, 0.5) is 10.5 Å². The summed E-state index contributed by atoms with van der Waals surface area (Å²) in [4.78, 5) is 18.1. The number of aliphatic hydroxyl groups is 1. The molecule has 2 N–H and O–H groups in total. The van der Waals surface area contributed by atoms with Gasteiger partial charge in [0.15, 0.2) is 0 Å². The highest BCUT2D eigenvalue weighted by atomic mass is 16.5. The molecule has 1 fully saturated rings. The van der Waals surface area contributed by atoms with Gasteiger partial charge in [0.25, 0.3) is 0 Å². The van der Waals surface area contributed by atoms with Crippen LogP contribution in [0, 0.1) is 0 Å². The van der Waals surface area contributed by atoms with Crippen LogP contribution in [0.15, 0.2) is 48.8 Å². The molecule has 126 valence electrons. The van der Waals surface area contributed by atoms with E-state index in [1.165, 1.54) is 0 Å². The monoisotopic (exact) mass is 327 g/mol. The number of amides is 2. The molecule has 3 rings (SSSR count). The van der Waals surface area contributed by atoms with Gasteiger partial charge in [0.05, 0.1) is 18.8 Å². The lowest BCUT2D eigenvalue weighted by Gasteiger charge is -2.34. The number of carbonyl (C=O) groups excluding carboxylic acids is 1. The van der Waals surface area contributed by atoms with E-state index in [1.54, 1.807) is 47.6 Å². The number of rotatable bonds is 4. The molecule has 1 aromatic heterocycles. The lowest BCUT2D eigenvalue weighted by molar-refractivity contribution is 0.115. The van der Waals surface area contributed by atoms with Gasteiger partial charge in [0.2, 0.25) is 0 Å². The zero-order valence-corrected chi connectivity index (χ0v) is 13.4. The minimum Gasteiger partial charge on any atom is -0.456 e. The molecule has 1 saturated heterocycles. The highest BCUT2D eigenvalue weighted by Crippen LogP contribution is 2.23. The SMILES string of the molecule is O=C(Nc1ccc(Oc2cccnc2)cc1)N1CCCC[C@@H]1CO. The van der Waals surface area contributed by atoms with Crippen LogP contribution in [-0.4, -0.2) is 40.2 Å². The molecule has 0 spiro atoms. The molecule has 0 unspecified atom stereocenters. The molecule has 6 nitrogen and oxygen atoms in total. The lowest BCUT2D eigenvalue weighted by atomic mass is 10.0. The number of piperidine rings is 1. The molecule has 2 aromatic rings. The number of nitrogens with one attached hydrogen (secondary N) is 1. The topological polar surface area (TPSA) is 74.7 Å². The van der Waals surface area contributed by atoms with Gasteiger partial charge in [-0.1, -0.05) is 0 Å². The smallest absolute Gasteiger partial charge is 0.322 e. The second-order valence-electron chi connectivity index (χ2n) is 5.77. The lowest BCUT2D eigenvalue weighted by Crippen LogP contribution is -2.47. The maximum absolute atomic E-state index is 12.4. The van der Waals surface area contributed by atoms with Gasteiger partial charge in [-0.25, -0.2) is 4.79 Å². The van der Waals surface area contributed by atoms with E-state index < -0.39 is 0 Å². The Bertz CT molecular complexity index is 661. The van der Waals surface area contributed by atoms with E-state index in [4.69, 9.17) is 4.74 Å². The third-order valence-electron chi connectivity index (χ3n) is 4.07. The summed E-state index contributed by atoms with van der Waals surface area (Å²) in [6.45, 7) is 0.685. The highest BCUT2D eigenvalue weighted by molar-refractivity contribution is 5.89. The molecule has 1 atom stereocenters. The fourth-order valence-corrected chi connectivity index (χ4v) is 2.80. The van der Waals surface area contributed by atoms with Gasteiger partial charge < -0.3 is 20.1 Å². The van der Waals surface area contributed by atoms with Crippen molar-refractivity contribution in [2.24, 2.45) is 0 Å². The van der Waals surface area contributed by atoms with Crippen LogP contribution >= 0.6 is 0 Å². The van der Waals surface area contributed by atoms with Crippen molar-refractivity contribution in [3.05, 3.63) is 48.8 Å². The van der Waals surface area contributed by atoms with Gasteiger partial charge in [-0.15, -0.1) is 0 Å². The summed E-state index contributed by atoms with van der Waals surface area (Å²) in [6.07, 6.45) is 6.20. The van der Waals surface area contributed by atoms with Crippen molar-refractivity contribution in [2.75, 3.05) is 18.5 Å². The van der Waals surface area contributed by atoms with Crippen molar-refractivity contribution >= 4 is 11.7 Å². The normalized spacial score (nSPS) is 17.4. The quantitative estimate of drug-likeness (QED) is 0.904. The zero-order valence-electron chi connectivity index (χ0n) is 13.4. The van der Waals surface area contributed by atoms with E-state index in [9.17, 15) is 9.90 Å². The number of aliphatic hydroxyl groups excluding tert-OH is 1. The number of pyridine rings is 1. The van der Waals surface area contributed by atoms with Gasteiger partial charge >= 0.3 is 6.03 Å². The number of anilines is 1. The number of benzene rings is 1. The van der Waals surface area contributed by atoms with Crippen molar-refractivity contribution < 1.29 is 14.6 Å². The van der Waals surface area contributed by atoms with Crippen LogP contribution in [0.25, 0.3) is 0 Å². The average Bonchev–Trinajstić information content (AvgIpc) is 2.64. The highest BCUT2D eigenvalue weighted by Gasteiger charge is 2.25. The van der Waals surface area contributed by atoms with Crippen LogP contribution in [0.5, 0.6) is 11.5 Å². The maximum Gasteiger partial charge on any atom is 0.322 e. The first kappa shape index (κ1) is 16.3. The van der Waals surface area contributed by atoms with Gasteiger partial charge in [0, 0.05) is 18.4 Å². The summed E-state index contributed by atoms with van der Waals surface area (Å²) in [5.74, 6) is 1.33. The molecule has 1 aliphatic heterocycles. The van der Waals surface area contributed by atoms with Crippen molar-refractivity contribution in [1.82, 2.24) is 9.88 Å². The van der Waals surface area contributed by atoms with Crippen LogP contribution in [0.3, 0.4) is 0 Å². The van der Waals surface area contributed by atoms with Gasteiger partial charge in [0.1, 0.15) is 11.5 Å². The summed E-state index contributed by atoms with van der Waals surface area (Å²) < 4.78 is 5.67. The molecule has 0 radical (unpaired) electrons. The largest absolute Gasteiger partial charge is 0.456 e. The summed E-state index contributed by atoms with van der Waals surface area (Å²) in [6, 6.07) is 10.5. The molecule has 0 bridgehead atoms.